The maximum atomic E-state index is 12.2. The summed E-state index contributed by atoms with van der Waals surface area (Å²) in [7, 11) is 0. The van der Waals surface area contributed by atoms with Gasteiger partial charge >= 0.3 is 6.09 Å². The molecule has 1 heterocycles. The van der Waals surface area contributed by atoms with E-state index >= 15 is 0 Å². The van der Waals surface area contributed by atoms with Crippen LogP contribution in [0.25, 0.3) is 11.1 Å². The number of carbonyl (C=O) groups excluding carboxylic acids is 1. The summed E-state index contributed by atoms with van der Waals surface area (Å²) in [5, 5.41) is 13.2. The van der Waals surface area contributed by atoms with E-state index in [4.69, 9.17) is 16.3 Å². The molecule has 1 amide bonds. The van der Waals surface area contributed by atoms with Crippen LogP contribution in [0.5, 0.6) is 0 Å². The van der Waals surface area contributed by atoms with E-state index in [9.17, 15) is 10.1 Å². The topological polar surface area (TPSA) is 65.4 Å². The van der Waals surface area contributed by atoms with Gasteiger partial charge in [-0.3, -0.25) is 4.90 Å². The molecule has 150 valence electrons. The predicted molar refractivity (Wildman–Crippen MR) is 117 cm³/mol. The maximum absolute atomic E-state index is 12.2. The standard InChI is InChI=1S/C24H20ClN3O2/c25-20-5-3-6-21(12-20)28-16-22(30-24(28)29)15-27-14-17-8-10-18(11-9-17)23-7-2-1-4-19(23)13-26/h1-12,22,27H,14-16H2. The normalized spacial score (nSPS) is 15.7. The molecule has 0 bridgehead atoms. The van der Waals surface area contributed by atoms with Crippen molar-refractivity contribution >= 4 is 23.4 Å². The summed E-state index contributed by atoms with van der Waals surface area (Å²) in [6, 6.07) is 25.1. The smallest absolute Gasteiger partial charge is 0.414 e. The maximum Gasteiger partial charge on any atom is 0.414 e. The number of carbonyl (C=O) groups is 1. The lowest BCUT2D eigenvalue weighted by Gasteiger charge is -2.13. The highest BCUT2D eigenvalue weighted by Gasteiger charge is 2.32. The van der Waals surface area contributed by atoms with Gasteiger partial charge in [0.2, 0.25) is 0 Å². The molecule has 1 saturated heterocycles. The third-order valence-electron chi connectivity index (χ3n) is 5.01. The van der Waals surface area contributed by atoms with E-state index in [0.717, 1.165) is 22.4 Å². The largest absolute Gasteiger partial charge is 0.443 e. The zero-order valence-electron chi connectivity index (χ0n) is 16.2. The fraction of sp³-hybridized carbons (Fsp3) is 0.167. The summed E-state index contributed by atoms with van der Waals surface area (Å²) < 4.78 is 5.46. The molecule has 0 aromatic heterocycles. The number of ether oxygens (including phenoxy) is 1. The molecule has 0 aliphatic carbocycles. The predicted octanol–water partition coefficient (Wildman–Crippen LogP) is 4.99. The number of amides is 1. The van der Waals surface area contributed by atoms with Gasteiger partial charge in [-0.1, -0.05) is 60.1 Å². The molecule has 30 heavy (non-hydrogen) atoms. The molecule has 3 aromatic rings. The summed E-state index contributed by atoms with van der Waals surface area (Å²) in [6.45, 7) is 1.70. The van der Waals surface area contributed by atoms with Crippen LogP contribution in [0.2, 0.25) is 5.02 Å². The number of halogens is 1. The van der Waals surface area contributed by atoms with E-state index in [1.807, 2.05) is 60.7 Å². The third-order valence-corrected chi connectivity index (χ3v) is 5.24. The van der Waals surface area contributed by atoms with Crippen molar-refractivity contribution in [1.29, 1.82) is 5.26 Å². The van der Waals surface area contributed by atoms with E-state index in [2.05, 4.69) is 11.4 Å². The Hall–Kier alpha value is -3.33. The molecule has 1 atom stereocenters. The van der Waals surface area contributed by atoms with Gasteiger partial charge in [0, 0.05) is 23.8 Å². The number of benzene rings is 3. The van der Waals surface area contributed by atoms with Crippen LogP contribution in [-0.4, -0.2) is 25.3 Å². The lowest BCUT2D eigenvalue weighted by Crippen LogP contribution is -2.30. The first-order chi connectivity index (χ1) is 14.6. The van der Waals surface area contributed by atoms with Crippen molar-refractivity contribution in [3.63, 3.8) is 0 Å². The molecule has 0 radical (unpaired) electrons. The minimum Gasteiger partial charge on any atom is -0.443 e. The lowest BCUT2D eigenvalue weighted by molar-refractivity contribution is 0.140. The van der Waals surface area contributed by atoms with E-state index in [1.54, 1.807) is 17.0 Å². The van der Waals surface area contributed by atoms with Gasteiger partial charge in [-0.05, 0) is 41.0 Å². The molecule has 5 nitrogen and oxygen atoms in total. The van der Waals surface area contributed by atoms with E-state index in [0.29, 0.717) is 30.2 Å². The molecule has 0 spiro atoms. The van der Waals surface area contributed by atoms with E-state index in [1.165, 1.54) is 0 Å². The second-order valence-electron chi connectivity index (χ2n) is 7.08. The highest BCUT2D eigenvalue weighted by molar-refractivity contribution is 6.30. The quantitative estimate of drug-likeness (QED) is 0.613. The lowest BCUT2D eigenvalue weighted by atomic mass is 9.99. The van der Waals surface area contributed by atoms with Crippen LogP contribution in [0, 0.1) is 11.3 Å². The molecule has 1 unspecified atom stereocenters. The highest BCUT2D eigenvalue weighted by Crippen LogP contribution is 2.25. The minimum absolute atomic E-state index is 0.224. The van der Waals surface area contributed by atoms with Gasteiger partial charge in [-0.15, -0.1) is 0 Å². The molecule has 1 N–H and O–H groups in total. The van der Waals surface area contributed by atoms with Crippen molar-refractivity contribution in [3.05, 3.63) is 88.9 Å². The van der Waals surface area contributed by atoms with Crippen LogP contribution in [0.3, 0.4) is 0 Å². The second-order valence-corrected chi connectivity index (χ2v) is 7.52. The molecule has 1 aliphatic rings. The summed E-state index contributed by atoms with van der Waals surface area (Å²) >= 11 is 6.02. The first-order valence-electron chi connectivity index (χ1n) is 9.67. The van der Waals surface area contributed by atoms with Gasteiger partial charge in [0.15, 0.2) is 0 Å². The van der Waals surface area contributed by atoms with Crippen LogP contribution in [0.15, 0.2) is 72.8 Å². The molecule has 1 fully saturated rings. The molecule has 3 aromatic carbocycles. The Morgan fingerprint density at radius 2 is 1.90 bits per heavy atom. The molecule has 0 saturated carbocycles. The first kappa shape index (κ1) is 20.0. The monoisotopic (exact) mass is 417 g/mol. The van der Waals surface area contributed by atoms with Gasteiger partial charge in [-0.25, -0.2) is 4.79 Å². The molecular weight excluding hydrogens is 398 g/mol. The number of nitriles is 1. The van der Waals surface area contributed by atoms with Crippen molar-refractivity contribution in [2.24, 2.45) is 0 Å². The zero-order chi connectivity index (χ0) is 20.9. The zero-order valence-corrected chi connectivity index (χ0v) is 17.0. The van der Waals surface area contributed by atoms with Crippen molar-refractivity contribution in [2.45, 2.75) is 12.6 Å². The Balaban J connectivity index is 1.32. The fourth-order valence-corrected chi connectivity index (χ4v) is 3.68. The van der Waals surface area contributed by atoms with E-state index < -0.39 is 0 Å². The van der Waals surface area contributed by atoms with Crippen LogP contribution >= 0.6 is 11.6 Å². The van der Waals surface area contributed by atoms with Crippen molar-refractivity contribution in [2.75, 3.05) is 18.0 Å². The van der Waals surface area contributed by atoms with Crippen LogP contribution in [-0.2, 0) is 11.3 Å². The number of hydrogen-bond acceptors (Lipinski definition) is 4. The summed E-state index contributed by atoms with van der Waals surface area (Å²) in [5.74, 6) is 0. The fourth-order valence-electron chi connectivity index (χ4n) is 3.49. The number of rotatable bonds is 6. The minimum atomic E-state index is -0.357. The summed E-state index contributed by atoms with van der Waals surface area (Å²) in [5.41, 5.74) is 4.46. The molecule has 1 aliphatic heterocycles. The Kier molecular flexibility index (Phi) is 5.99. The molecule has 6 heteroatoms. The summed E-state index contributed by atoms with van der Waals surface area (Å²) in [4.78, 5) is 13.8. The van der Waals surface area contributed by atoms with Gasteiger partial charge in [0.25, 0.3) is 0 Å². The van der Waals surface area contributed by atoms with Gasteiger partial charge in [-0.2, -0.15) is 5.26 Å². The number of hydrogen-bond donors (Lipinski definition) is 1. The third kappa shape index (κ3) is 4.46. The number of nitrogens with one attached hydrogen (secondary N) is 1. The van der Waals surface area contributed by atoms with Crippen molar-refractivity contribution in [1.82, 2.24) is 5.32 Å². The van der Waals surface area contributed by atoms with Crippen molar-refractivity contribution < 1.29 is 9.53 Å². The Bertz CT molecular complexity index is 1090. The highest BCUT2D eigenvalue weighted by atomic mass is 35.5. The van der Waals surface area contributed by atoms with Gasteiger partial charge in [0.05, 0.1) is 18.2 Å². The van der Waals surface area contributed by atoms with Gasteiger partial charge in [0.1, 0.15) is 6.10 Å². The van der Waals surface area contributed by atoms with Crippen molar-refractivity contribution in [3.8, 4) is 17.2 Å². The summed E-state index contributed by atoms with van der Waals surface area (Å²) in [6.07, 6.45) is -0.581. The SMILES string of the molecule is N#Cc1ccccc1-c1ccc(CNCC2CN(c3cccc(Cl)c3)C(=O)O2)cc1. The van der Waals surface area contributed by atoms with Crippen LogP contribution in [0.1, 0.15) is 11.1 Å². The molecule has 4 rings (SSSR count). The second kappa shape index (κ2) is 9.00. The number of anilines is 1. The van der Waals surface area contributed by atoms with E-state index in [-0.39, 0.29) is 12.2 Å². The Labute approximate surface area is 180 Å². The van der Waals surface area contributed by atoms with Gasteiger partial charge < -0.3 is 10.1 Å². The number of cyclic esters (lactones) is 1. The number of nitrogens with zero attached hydrogens (tertiary/aromatic N) is 2. The average molecular weight is 418 g/mol. The van der Waals surface area contributed by atoms with Crippen LogP contribution in [0.4, 0.5) is 10.5 Å². The first-order valence-corrected chi connectivity index (χ1v) is 10.0. The Morgan fingerprint density at radius 1 is 1.10 bits per heavy atom. The van der Waals surface area contributed by atoms with Crippen LogP contribution < -0.4 is 10.2 Å². The average Bonchev–Trinajstić information content (AvgIpc) is 3.14. The molecular formula is C24H20ClN3O2. The Morgan fingerprint density at radius 3 is 2.67 bits per heavy atom.